The van der Waals surface area contributed by atoms with E-state index in [1.165, 1.54) is 79.5 Å². The number of allylic oxidation sites excluding steroid dienone is 1. The Hall–Kier alpha value is -3.49. The molecule has 0 atom stereocenters. The Balaban J connectivity index is 1.41. The minimum atomic E-state index is -0.276. The number of rotatable bonds is 6. The van der Waals surface area contributed by atoms with E-state index in [0.717, 1.165) is 25.2 Å². The highest BCUT2D eigenvalue weighted by atomic mass is 32.2. The Morgan fingerprint density at radius 2 is 1.28 bits per heavy atom. The van der Waals surface area contributed by atoms with Gasteiger partial charge in [-0.2, -0.15) is 0 Å². The maximum Gasteiger partial charge on any atom is 0.174 e. The van der Waals surface area contributed by atoms with Crippen molar-refractivity contribution in [1.29, 1.82) is 0 Å². The van der Waals surface area contributed by atoms with E-state index in [9.17, 15) is 0 Å². The Bertz CT molecular complexity index is 1570. The Labute approximate surface area is 234 Å². The molecule has 0 spiro atoms. The molecule has 7 rings (SSSR count). The fraction of sp³-hybridized carbons (Fsp3) is 0.243. The van der Waals surface area contributed by atoms with Crippen molar-refractivity contribution in [3.05, 3.63) is 114 Å². The summed E-state index contributed by atoms with van der Waals surface area (Å²) >= 11 is 0. The van der Waals surface area contributed by atoms with Crippen LogP contribution in [0.25, 0.3) is 27.6 Å². The fourth-order valence-corrected chi connectivity index (χ4v) is 9.04. The van der Waals surface area contributed by atoms with Crippen LogP contribution in [-0.4, -0.2) is 6.61 Å². The highest BCUT2D eigenvalue weighted by molar-refractivity contribution is 7.97. The average molecular weight is 528 g/mol. The summed E-state index contributed by atoms with van der Waals surface area (Å²) in [5.41, 5.74) is 2.76. The normalized spacial score (nSPS) is 15.6. The van der Waals surface area contributed by atoms with Crippen LogP contribution in [0.1, 0.15) is 49.7 Å². The lowest BCUT2D eigenvalue weighted by Gasteiger charge is -2.24. The SMILES string of the molecule is C1=Cc2c([S+](c3cccc4ccccc34)c3cccc4ccccc34)ccc(OCC3CCCCC3)c2CC1. The molecule has 0 unspecified atom stereocenters. The van der Waals surface area contributed by atoms with Crippen LogP contribution in [0.5, 0.6) is 5.75 Å². The van der Waals surface area contributed by atoms with E-state index in [2.05, 4.69) is 109 Å². The van der Waals surface area contributed by atoms with Gasteiger partial charge in [0, 0.05) is 21.9 Å². The predicted octanol–water partition coefficient (Wildman–Crippen LogP) is 10.0. The van der Waals surface area contributed by atoms with E-state index in [0.29, 0.717) is 5.92 Å². The van der Waals surface area contributed by atoms with Crippen molar-refractivity contribution in [2.24, 2.45) is 5.92 Å². The molecule has 0 heterocycles. The molecule has 1 fully saturated rings. The molecule has 0 bridgehead atoms. The minimum Gasteiger partial charge on any atom is -0.493 e. The van der Waals surface area contributed by atoms with Gasteiger partial charge in [-0.3, -0.25) is 0 Å². The standard InChI is InChI=1S/C37H35OS/c1-2-12-27(13-3-1)26-38-34-24-25-37(33-21-9-8-20-32(33)34)39(35-22-10-16-28-14-4-6-18-30(28)35)36-23-11-17-29-15-5-7-19-31(29)36/h4-7,9-11,14-19,21-25,27H,1-3,8,12-13,20,26H2/q+1. The average Bonchev–Trinajstić information content (AvgIpc) is 3.01. The second kappa shape index (κ2) is 10.9. The molecule has 0 aliphatic heterocycles. The van der Waals surface area contributed by atoms with Crippen LogP contribution in [0, 0.1) is 5.92 Å². The maximum absolute atomic E-state index is 6.60. The quantitative estimate of drug-likeness (QED) is 0.200. The Morgan fingerprint density at radius 1 is 0.641 bits per heavy atom. The molecule has 2 aliphatic rings. The summed E-state index contributed by atoms with van der Waals surface area (Å²) in [6.45, 7) is 0.855. The Morgan fingerprint density at radius 3 is 1.97 bits per heavy atom. The van der Waals surface area contributed by atoms with Crippen LogP contribution in [-0.2, 0) is 17.3 Å². The molecule has 39 heavy (non-hydrogen) atoms. The van der Waals surface area contributed by atoms with E-state index >= 15 is 0 Å². The van der Waals surface area contributed by atoms with E-state index in [-0.39, 0.29) is 10.9 Å². The first-order chi connectivity index (χ1) is 19.4. The molecule has 2 aliphatic carbocycles. The van der Waals surface area contributed by atoms with Crippen molar-refractivity contribution in [3.63, 3.8) is 0 Å². The first kappa shape index (κ1) is 24.5. The third-order valence-electron chi connectivity index (χ3n) is 8.48. The van der Waals surface area contributed by atoms with Crippen LogP contribution >= 0.6 is 0 Å². The molecule has 5 aromatic carbocycles. The smallest absolute Gasteiger partial charge is 0.174 e. The monoisotopic (exact) mass is 527 g/mol. The van der Waals surface area contributed by atoms with Crippen molar-refractivity contribution >= 4 is 38.5 Å². The van der Waals surface area contributed by atoms with E-state index in [1.807, 2.05) is 0 Å². The zero-order chi connectivity index (χ0) is 26.0. The third-order valence-corrected chi connectivity index (χ3v) is 10.9. The topological polar surface area (TPSA) is 9.23 Å². The molecule has 194 valence electrons. The molecule has 0 amide bonds. The zero-order valence-corrected chi connectivity index (χ0v) is 23.3. The molecular weight excluding hydrogens is 492 g/mol. The highest BCUT2D eigenvalue weighted by Crippen LogP contribution is 2.43. The van der Waals surface area contributed by atoms with Gasteiger partial charge in [-0.15, -0.1) is 0 Å². The first-order valence-electron chi connectivity index (χ1n) is 14.5. The first-order valence-corrected chi connectivity index (χ1v) is 15.7. The molecule has 2 heteroatoms. The lowest BCUT2D eigenvalue weighted by Crippen LogP contribution is -2.17. The van der Waals surface area contributed by atoms with Gasteiger partial charge in [-0.1, -0.05) is 92.1 Å². The van der Waals surface area contributed by atoms with Gasteiger partial charge in [0.1, 0.15) is 16.6 Å². The Kier molecular flexibility index (Phi) is 6.89. The fourth-order valence-electron chi connectivity index (χ4n) is 6.47. The van der Waals surface area contributed by atoms with Gasteiger partial charge in [0.05, 0.1) is 6.61 Å². The number of hydrogen-bond donors (Lipinski definition) is 0. The van der Waals surface area contributed by atoms with Gasteiger partial charge in [-0.05, 0) is 78.8 Å². The summed E-state index contributed by atoms with van der Waals surface area (Å²) < 4.78 is 6.60. The molecule has 1 nitrogen and oxygen atoms in total. The minimum absolute atomic E-state index is 0.276. The number of fused-ring (bicyclic) bond motifs is 3. The summed E-state index contributed by atoms with van der Waals surface area (Å²) in [7, 11) is -0.276. The van der Waals surface area contributed by atoms with Gasteiger partial charge in [0.2, 0.25) is 0 Å². The van der Waals surface area contributed by atoms with Crippen molar-refractivity contribution < 1.29 is 4.74 Å². The molecule has 0 aromatic heterocycles. The van der Waals surface area contributed by atoms with Crippen LogP contribution in [0.3, 0.4) is 0 Å². The van der Waals surface area contributed by atoms with Gasteiger partial charge in [-0.25, -0.2) is 0 Å². The summed E-state index contributed by atoms with van der Waals surface area (Å²) in [4.78, 5) is 4.18. The molecule has 0 saturated heterocycles. The van der Waals surface area contributed by atoms with E-state index in [1.54, 1.807) is 0 Å². The molecular formula is C37H35OS+. The molecule has 5 aromatic rings. The summed E-state index contributed by atoms with van der Waals surface area (Å²) in [6.07, 6.45) is 13.6. The van der Waals surface area contributed by atoms with Crippen LogP contribution in [0.4, 0.5) is 0 Å². The largest absolute Gasteiger partial charge is 0.493 e. The second-order valence-corrected chi connectivity index (χ2v) is 12.9. The number of ether oxygens (including phenoxy) is 1. The van der Waals surface area contributed by atoms with E-state index in [4.69, 9.17) is 4.74 Å². The predicted molar refractivity (Wildman–Crippen MR) is 166 cm³/mol. The molecule has 1 saturated carbocycles. The lowest BCUT2D eigenvalue weighted by molar-refractivity contribution is 0.207. The van der Waals surface area contributed by atoms with Gasteiger partial charge >= 0.3 is 0 Å². The lowest BCUT2D eigenvalue weighted by atomic mass is 9.90. The molecule has 0 radical (unpaired) electrons. The molecule has 0 N–H and O–H groups in total. The highest BCUT2D eigenvalue weighted by Gasteiger charge is 2.36. The number of benzene rings is 5. The zero-order valence-electron chi connectivity index (χ0n) is 22.4. The van der Waals surface area contributed by atoms with Gasteiger partial charge < -0.3 is 4.74 Å². The van der Waals surface area contributed by atoms with Crippen molar-refractivity contribution in [2.45, 2.75) is 59.6 Å². The van der Waals surface area contributed by atoms with Crippen molar-refractivity contribution in [2.75, 3.05) is 6.61 Å². The van der Waals surface area contributed by atoms with E-state index < -0.39 is 0 Å². The summed E-state index contributed by atoms with van der Waals surface area (Å²) in [6, 6.07) is 36.0. The van der Waals surface area contributed by atoms with Gasteiger partial charge in [0.15, 0.2) is 14.7 Å². The number of hydrogen-bond acceptors (Lipinski definition) is 1. The summed E-state index contributed by atoms with van der Waals surface area (Å²) in [5.74, 6) is 1.80. The third kappa shape index (κ3) is 4.76. The summed E-state index contributed by atoms with van der Waals surface area (Å²) in [5, 5.41) is 5.26. The van der Waals surface area contributed by atoms with Crippen LogP contribution in [0.15, 0.2) is 118 Å². The second-order valence-electron chi connectivity index (χ2n) is 11.0. The van der Waals surface area contributed by atoms with Crippen LogP contribution < -0.4 is 4.74 Å². The van der Waals surface area contributed by atoms with Crippen molar-refractivity contribution in [3.8, 4) is 5.75 Å². The van der Waals surface area contributed by atoms with Crippen molar-refractivity contribution in [1.82, 2.24) is 0 Å². The maximum atomic E-state index is 6.60. The van der Waals surface area contributed by atoms with Gasteiger partial charge in [0.25, 0.3) is 0 Å². The van der Waals surface area contributed by atoms with Crippen LogP contribution in [0.2, 0.25) is 0 Å².